The van der Waals surface area contributed by atoms with Crippen LogP contribution in [-0.2, 0) is 14.3 Å². The fourth-order valence-electron chi connectivity index (χ4n) is 1.55. The lowest BCUT2D eigenvalue weighted by Crippen LogP contribution is -2.48. The Morgan fingerprint density at radius 3 is 2.88 bits per heavy atom. The van der Waals surface area contributed by atoms with Crippen LogP contribution in [0.4, 0.5) is 4.79 Å². The average molecular weight is 246 g/mol. The van der Waals surface area contributed by atoms with Crippen molar-refractivity contribution in [2.75, 3.05) is 26.9 Å². The molecule has 0 saturated carbocycles. The summed E-state index contributed by atoms with van der Waals surface area (Å²) in [5.41, 5.74) is 0. The number of carboxylic acids is 1. The summed E-state index contributed by atoms with van der Waals surface area (Å²) in [6.07, 6.45) is 0.768. The van der Waals surface area contributed by atoms with Gasteiger partial charge < -0.3 is 25.2 Å². The molecule has 1 saturated heterocycles. The minimum Gasteiger partial charge on any atom is -0.479 e. The first kappa shape index (κ1) is 13.7. The van der Waals surface area contributed by atoms with Crippen molar-refractivity contribution >= 4 is 12.0 Å². The van der Waals surface area contributed by atoms with E-state index in [0.29, 0.717) is 6.61 Å². The zero-order chi connectivity index (χ0) is 12.7. The number of carboxylic acid groups (broad SMARTS) is 1. The summed E-state index contributed by atoms with van der Waals surface area (Å²) < 4.78 is 9.89. The van der Waals surface area contributed by atoms with Gasteiger partial charge in [0.2, 0.25) is 0 Å². The predicted octanol–water partition coefficient (Wildman–Crippen LogP) is -0.436. The number of carbonyl (C=O) groups excluding carboxylic acids is 1. The van der Waals surface area contributed by atoms with Gasteiger partial charge in [-0.1, -0.05) is 0 Å². The molecule has 0 bridgehead atoms. The van der Waals surface area contributed by atoms with Crippen LogP contribution in [0, 0.1) is 0 Å². The summed E-state index contributed by atoms with van der Waals surface area (Å²) in [6, 6.07) is -0.404. The van der Waals surface area contributed by atoms with E-state index >= 15 is 0 Å². The molecule has 0 aromatic heterocycles. The van der Waals surface area contributed by atoms with Gasteiger partial charge in [-0.3, -0.25) is 0 Å². The molecule has 2 unspecified atom stereocenters. The van der Waals surface area contributed by atoms with Crippen LogP contribution in [0.3, 0.4) is 0 Å². The molecule has 2 atom stereocenters. The SMILES string of the molecule is COC(CNC(=O)NC1CCCOC1)C(=O)O. The second-order valence-corrected chi connectivity index (χ2v) is 3.83. The summed E-state index contributed by atoms with van der Waals surface area (Å²) in [6.45, 7) is 1.16. The molecule has 2 amide bonds. The molecule has 0 spiro atoms. The quantitative estimate of drug-likeness (QED) is 0.611. The van der Waals surface area contributed by atoms with Crippen molar-refractivity contribution in [2.45, 2.75) is 25.0 Å². The van der Waals surface area contributed by atoms with Gasteiger partial charge in [-0.05, 0) is 12.8 Å². The molecule has 1 rings (SSSR count). The van der Waals surface area contributed by atoms with Gasteiger partial charge in [0.15, 0.2) is 6.10 Å². The highest BCUT2D eigenvalue weighted by molar-refractivity contribution is 5.77. The highest BCUT2D eigenvalue weighted by Gasteiger charge is 2.19. The Labute approximate surface area is 99.5 Å². The van der Waals surface area contributed by atoms with E-state index in [0.717, 1.165) is 19.4 Å². The first-order valence-electron chi connectivity index (χ1n) is 5.51. The zero-order valence-corrected chi connectivity index (χ0v) is 9.77. The van der Waals surface area contributed by atoms with E-state index in [-0.39, 0.29) is 12.6 Å². The van der Waals surface area contributed by atoms with Crippen molar-refractivity contribution in [3.8, 4) is 0 Å². The van der Waals surface area contributed by atoms with Crippen molar-refractivity contribution in [1.82, 2.24) is 10.6 Å². The maximum absolute atomic E-state index is 11.4. The monoisotopic (exact) mass is 246 g/mol. The maximum atomic E-state index is 11.4. The highest BCUT2D eigenvalue weighted by atomic mass is 16.5. The average Bonchev–Trinajstić information content (AvgIpc) is 2.30. The molecule has 1 heterocycles. The van der Waals surface area contributed by atoms with Crippen LogP contribution in [0.2, 0.25) is 0 Å². The van der Waals surface area contributed by atoms with E-state index in [1.807, 2.05) is 0 Å². The molecular formula is C10H18N2O5. The van der Waals surface area contributed by atoms with Gasteiger partial charge >= 0.3 is 12.0 Å². The lowest BCUT2D eigenvalue weighted by atomic mass is 10.1. The lowest BCUT2D eigenvalue weighted by molar-refractivity contribution is -0.147. The first-order chi connectivity index (χ1) is 8.13. The summed E-state index contributed by atoms with van der Waals surface area (Å²) in [5.74, 6) is -1.10. The molecule has 17 heavy (non-hydrogen) atoms. The number of hydrogen-bond donors (Lipinski definition) is 3. The van der Waals surface area contributed by atoms with Crippen LogP contribution >= 0.6 is 0 Å². The van der Waals surface area contributed by atoms with Crippen LogP contribution in [0.1, 0.15) is 12.8 Å². The van der Waals surface area contributed by atoms with E-state index < -0.39 is 18.1 Å². The molecule has 0 aromatic carbocycles. The molecule has 7 heteroatoms. The fourth-order valence-corrected chi connectivity index (χ4v) is 1.55. The number of urea groups is 1. The third-order valence-electron chi connectivity index (χ3n) is 2.50. The molecule has 98 valence electrons. The summed E-state index contributed by atoms with van der Waals surface area (Å²) in [5, 5.41) is 13.9. The van der Waals surface area contributed by atoms with Crippen molar-refractivity contribution in [3.63, 3.8) is 0 Å². The highest BCUT2D eigenvalue weighted by Crippen LogP contribution is 2.05. The Hall–Kier alpha value is -1.34. The van der Waals surface area contributed by atoms with E-state index in [1.165, 1.54) is 7.11 Å². The third-order valence-corrected chi connectivity index (χ3v) is 2.50. The number of carbonyl (C=O) groups is 2. The second-order valence-electron chi connectivity index (χ2n) is 3.83. The van der Waals surface area contributed by atoms with Crippen LogP contribution < -0.4 is 10.6 Å². The van der Waals surface area contributed by atoms with Gasteiger partial charge in [-0.25, -0.2) is 9.59 Å². The van der Waals surface area contributed by atoms with Crippen molar-refractivity contribution in [1.29, 1.82) is 0 Å². The van der Waals surface area contributed by atoms with E-state index in [4.69, 9.17) is 9.84 Å². The number of rotatable bonds is 5. The Morgan fingerprint density at radius 1 is 1.59 bits per heavy atom. The van der Waals surface area contributed by atoms with Gasteiger partial charge in [-0.15, -0.1) is 0 Å². The molecule has 0 aliphatic carbocycles. The number of nitrogens with one attached hydrogen (secondary N) is 2. The Morgan fingerprint density at radius 2 is 2.35 bits per heavy atom. The van der Waals surface area contributed by atoms with Crippen LogP contribution in [0.15, 0.2) is 0 Å². The van der Waals surface area contributed by atoms with Gasteiger partial charge in [0.25, 0.3) is 0 Å². The molecule has 1 aliphatic heterocycles. The number of hydrogen-bond acceptors (Lipinski definition) is 4. The lowest BCUT2D eigenvalue weighted by Gasteiger charge is -2.23. The van der Waals surface area contributed by atoms with Crippen LogP contribution in [-0.4, -0.2) is 56.1 Å². The summed E-state index contributed by atoms with van der Waals surface area (Å²) in [4.78, 5) is 22.0. The molecule has 1 fully saturated rings. The Bertz CT molecular complexity index is 265. The standard InChI is InChI=1S/C10H18N2O5/c1-16-8(9(13)14)5-11-10(15)12-7-3-2-4-17-6-7/h7-8H,2-6H2,1H3,(H,13,14)(H2,11,12,15). The fraction of sp³-hybridized carbons (Fsp3) is 0.800. The van der Waals surface area contributed by atoms with Gasteiger partial charge in [0, 0.05) is 13.7 Å². The number of amides is 2. The number of ether oxygens (including phenoxy) is 2. The van der Waals surface area contributed by atoms with Crippen molar-refractivity contribution in [3.05, 3.63) is 0 Å². The number of aliphatic carboxylic acids is 1. The molecule has 1 aliphatic rings. The predicted molar refractivity (Wildman–Crippen MR) is 58.8 cm³/mol. The first-order valence-corrected chi connectivity index (χ1v) is 5.51. The number of methoxy groups -OCH3 is 1. The maximum Gasteiger partial charge on any atom is 0.334 e. The van der Waals surface area contributed by atoms with Crippen molar-refractivity contribution < 1.29 is 24.2 Å². The van der Waals surface area contributed by atoms with Crippen LogP contribution in [0.5, 0.6) is 0 Å². The van der Waals surface area contributed by atoms with Crippen molar-refractivity contribution in [2.24, 2.45) is 0 Å². The second kappa shape index (κ2) is 7.08. The molecule has 0 aromatic rings. The van der Waals surface area contributed by atoms with Gasteiger partial charge in [0.1, 0.15) is 0 Å². The molecule has 0 radical (unpaired) electrons. The Kier molecular flexibility index (Phi) is 5.71. The van der Waals surface area contributed by atoms with Crippen LogP contribution in [0.25, 0.3) is 0 Å². The minimum atomic E-state index is -1.10. The smallest absolute Gasteiger partial charge is 0.334 e. The van der Waals surface area contributed by atoms with E-state index in [9.17, 15) is 9.59 Å². The molecule has 3 N–H and O–H groups in total. The third kappa shape index (κ3) is 5.01. The Balaban J connectivity index is 2.21. The van der Waals surface area contributed by atoms with E-state index in [1.54, 1.807) is 0 Å². The topological polar surface area (TPSA) is 96.9 Å². The zero-order valence-electron chi connectivity index (χ0n) is 9.77. The summed E-state index contributed by atoms with van der Waals surface area (Å²) >= 11 is 0. The van der Waals surface area contributed by atoms with Gasteiger partial charge in [0.05, 0.1) is 19.2 Å². The normalized spacial score (nSPS) is 21.6. The molecule has 7 nitrogen and oxygen atoms in total. The summed E-state index contributed by atoms with van der Waals surface area (Å²) in [7, 11) is 1.29. The minimum absolute atomic E-state index is 0.00503. The van der Waals surface area contributed by atoms with E-state index in [2.05, 4.69) is 15.4 Å². The van der Waals surface area contributed by atoms with Gasteiger partial charge in [-0.2, -0.15) is 0 Å². The molecular weight excluding hydrogens is 228 g/mol. The largest absolute Gasteiger partial charge is 0.479 e.